The van der Waals surface area contributed by atoms with E-state index in [0.29, 0.717) is 53.5 Å². The minimum atomic E-state index is -4.76. The molecule has 0 unspecified atom stereocenters. The Kier molecular flexibility index (Phi) is 7.36. The third-order valence-corrected chi connectivity index (χ3v) is 9.05. The summed E-state index contributed by atoms with van der Waals surface area (Å²) in [6.45, 7) is 2.61. The summed E-state index contributed by atoms with van der Waals surface area (Å²) >= 11 is 7.96. The molecule has 3 aromatic rings. The molecule has 2 amide bonds. The average molecular weight is 551 g/mol. The van der Waals surface area contributed by atoms with Crippen LogP contribution >= 0.6 is 22.9 Å². The van der Waals surface area contributed by atoms with Crippen LogP contribution in [-0.4, -0.2) is 54.2 Å². The van der Waals surface area contributed by atoms with Gasteiger partial charge in [-0.25, -0.2) is 0 Å². The molecule has 37 heavy (non-hydrogen) atoms. The van der Waals surface area contributed by atoms with E-state index in [2.05, 4.69) is 4.74 Å². The van der Waals surface area contributed by atoms with Crippen molar-refractivity contribution < 1.29 is 27.5 Å². The first-order valence-electron chi connectivity index (χ1n) is 12.3. The number of rotatable bonds is 4. The predicted octanol–water partition coefficient (Wildman–Crippen LogP) is 6.86. The van der Waals surface area contributed by atoms with Crippen LogP contribution in [0.5, 0.6) is 5.75 Å². The minimum absolute atomic E-state index is 0.00304. The number of carbonyl (C=O) groups is 2. The van der Waals surface area contributed by atoms with Gasteiger partial charge >= 0.3 is 6.36 Å². The van der Waals surface area contributed by atoms with Crippen molar-refractivity contribution in [3.8, 4) is 5.75 Å². The van der Waals surface area contributed by atoms with Crippen molar-refractivity contribution in [2.24, 2.45) is 11.8 Å². The lowest BCUT2D eigenvalue weighted by molar-refractivity contribution is -0.274. The van der Waals surface area contributed by atoms with Gasteiger partial charge in [-0.05, 0) is 67.9 Å². The number of alkyl halides is 3. The number of likely N-dealkylation sites (tertiary alicyclic amines) is 2. The molecule has 0 bridgehead atoms. The fourth-order valence-corrected chi connectivity index (χ4v) is 6.90. The number of carbonyl (C=O) groups excluding carboxylic acids is 2. The van der Waals surface area contributed by atoms with Crippen LogP contribution in [0, 0.1) is 11.8 Å². The maximum absolute atomic E-state index is 13.2. The Morgan fingerprint density at radius 2 is 1.38 bits per heavy atom. The first kappa shape index (κ1) is 25.9. The minimum Gasteiger partial charge on any atom is -0.406 e. The Morgan fingerprint density at radius 3 is 1.92 bits per heavy atom. The van der Waals surface area contributed by atoms with Crippen LogP contribution in [0.4, 0.5) is 13.2 Å². The predicted molar refractivity (Wildman–Crippen MR) is 137 cm³/mol. The molecular formula is C27H26ClF3N2O3S. The maximum atomic E-state index is 13.2. The van der Waals surface area contributed by atoms with E-state index in [-0.39, 0.29) is 17.6 Å². The lowest BCUT2D eigenvalue weighted by Gasteiger charge is -2.40. The largest absolute Gasteiger partial charge is 0.573 e. The van der Waals surface area contributed by atoms with Crippen LogP contribution in [0.1, 0.15) is 45.7 Å². The van der Waals surface area contributed by atoms with E-state index < -0.39 is 6.36 Å². The summed E-state index contributed by atoms with van der Waals surface area (Å²) in [6.07, 6.45) is -1.16. The molecular weight excluding hydrogens is 525 g/mol. The molecule has 5 rings (SSSR count). The second kappa shape index (κ2) is 10.5. The number of amides is 2. The second-order valence-corrected chi connectivity index (χ2v) is 11.0. The van der Waals surface area contributed by atoms with Crippen molar-refractivity contribution in [1.29, 1.82) is 0 Å². The monoisotopic (exact) mass is 550 g/mol. The van der Waals surface area contributed by atoms with Gasteiger partial charge in [-0.1, -0.05) is 29.8 Å². The third-order valence-electron chi connectivity index (χ3n) is 7.38. The standard InChI is InChI=1S/C27H26ClF3N2O3S/c28-23-21-3-1-2-4-22(21)37-24(23)26(35)33-15-11-18(12-16-33)17-9-13-32(14-10-17)25(34)19-5-7-20(8-6-19)36-27(29,30)31/h1-8,17-18H,9-16H2. The van der Waals surface area contributed by atoms with Gasteiger partial charge in [-0.3, -0.25) is 9.59 Å². The van der Waals surface area contributed by atoms with Crippen molar-refractivity contribution >= 4 is 44.8 Å². The molecule has 0 aliphatic carbocycles. The average Bonchev–Trinajstić information content (AvgIpc) is 3.24. The van der Waals surface area contributed by atoms with Crippen molar-refractivity contribution in [3.63, 3.8) is 0 Å². The molecule has 2 aromatic carbocycles. The van der Waals surface area contributed by atoms with E-state index in [4.69, 9.17) is 11.6 Å². The highest BCUT2D eigenvalue weighted by atomic mass is 35.5. The quantitative estimate of drug-likeness (QED) is 0.357. The normalized spacial score (nSPS) is 17.8. The van der Waals surface area contributed by atoms with E-state index in [0.717, 1.165) is 47.9 Å². The summed E-state index contributed by atoms with van der Waals surface area (Å²) in [6, 6.07) is 12.8. The topological polar surface area (TPSA) is 49.9 Å². The summed E-state index contributed by atoms with van der Waals surface area (Å²) in [4.78, 5) is 30.3. The van der Waals surface area contributed by atoms with Gasteiger partial charge in [-0.15, -0.1) is 24.5 Å². The van der Waals surface area contributed by atoms with Crippen LogP contribution in [0.25, 0.3) is 10.1 Å². The second-order valence-electron chi connectivity index (χ2n) is 9.57. The molecule has 2 aliphatic rings. The summed E-state index contributed by atoms with van der Waals surface area (Å²) in [5.74, 6) is 0.450. The Hall–Kier alpha value is -2.78. The Morgan fingerprint density at radius 1 is 0.838 bits per heavy atom. The number of fused-ring (bicyclic) bond motifs is 1. The summed E-state index contributed by atoms with van der Waals surface area (Å²) in [7, 11) is 0. The number of thiophene rings is 1. The molecule has 2 fully saturated rings. The van der Waals surface area contributed by atoms with Crippen LogP contribution in [-0.2, 0) is 0 Å². The van der Waals surface area contributed by atoms with Gasteiger partial charge in [0.2, 0.25) is 0 Å². The molecule has 0 spiro atoms. The fraction of sp³-hybridized carbons (Fsp3) is 0.407. The van der Waals surface area contributed by atoms with Crippen LogP contribution in [0.2, 0.25) is 5.02 Å². The van der Waals surface area contributed by atoms with Crippen molar-refractivity contribution in [2.45, 2.75) is 32.0 Å². The SMILES string of the molecule is O=C(c1ccc(OC(F)(F)F)cc1)N1CCC(C2CCN(C(=O)c3sc4ccccc4c3Cl)CC2)CC1. The zero-order valence-electron chi connectivity index (χ0n) is 20.0. The van der Waals surface area contributed by atoms with Crippen molar-refractivity contribution in [1.82, 2.24) is 9.80 Å². The zero-order valence-corrected chi connectivity index (χ0v) is 21.5. The van der Waals surface area contributed by atoms with Gasteiger partial charge in [0, 0.05) is 41.8 Å². The molecule has 0 saturated carbocycles. The van der Waals surface area contributed by atoms with Gasteiger partial charge in [-0.2, -0.15) is 0 Å². The molecule has 0 atom stereocenters. The molecule has 2 aliphatic heterocycles. The van der Waals surface area contributed by atoms with Crippen LogP contribution in [0.15, 0.2) is 48.5 Å². The van der Waals surface area contributed by atoms with Crippen molar-refractivity contribution in [2.75, 3.05) is 26.2 Å². The molecule has 1 aromatic heterocycles. The van der Waals surface area contributed by atoms with Gasteiger partial charge in [0.1, 0.15) is 10.6 Å². The van der Waals surface area contributed by atoms with Crippen molar-refractivity contribution in [3.05, 3.63) is 64.0 Å². The third kappa shape index (κ3) is 5.72. The Labute approximate surface area is 221 Å². The highest BCUT2D eigenvalue weighted by Crippen LogP contribution is 2.38. The number of piperidine rings is 2. The molecule has 196 valence electrons. The van der Waals surface area contributed by atoms with Crippen LogP contribution in [0.3, 0.4) is 0 Å². The van der Waals surface area contributed by atoms with Gasteiger partial charge in [0.25, 0.3) is 11.8 Å². The van der Waals surface area contributed by atoms with Gasteiger partial charge in [0.05, 0.1) is 5.02 Å². The lowest BCUT2D eigenvalue weighted by Crippen LogP contribution is -2.44. The molecule has 5 nitrogen and oxygen atoms in total. The summed E-state index contributed by atoms with van der Waals surface area (Å²) in [5.41, 5.74) is 0.347. The Bertz CT molecular complexity index is 1280. The van der Waals surface area contributed by atoms with E-state index in [1.807, 2.05) is 29.2 Å². The van der Waals surface area contributed by atoms with Gasteiger partial charge < -0.3 is 14.5 Å². The number of hydrogen-bond acceptors (Lipinski definition) is 4. The highest BCUT2D eigenvalue weighted by molar-refractivity contribution is 7.21. The zero-order chi connectivity index (χ0) is 26.2. The number of halogens is 4. The number of ether oxygens (including phenoxy) is 1. The maximum Gasteiger partial charge on any atom is 0.573 e. The molecule has 0 radical (unpaired) electrons. The van der Waals surface area contributed by atoms with E-state index in [1.54, 1.807) is 4.90 Å². The number of benzene rings is 2. The summed E-state index contributed by atoms with van der Waals surface area (Å²) < 4.78 is 42.0. The summed E-state index contributed by atoms with van der Waals surface area (Å²) in [5, 5.41) is 1.45. The first-order chi connectivity index (χ1) is 17.7. The number of nitrogens with zero attached hydrogens (tertiary/aromatic N) is 2. The van der Waals surface area contributed by atoms with Crippen LogP contribution < -0.4 is 4.74 Å². The molecule has 3 heterocycles. The Balaban J connectivity index is 1.12. The fourth-order valence-electron chi connectivity index (χ4n) is 5.42. The smallest absolute Gasteiger partial charge is 0.406 e. The van der Waals surface area contributed by atoms with E-state index >= 15 is 0 Å². The number of hydrogen-bond donors (Lipinski definition) is 0. The highest BCUT2D eigenvalue weighted by Gasteiger charge is 2.34. The molecule has 0 N–H and O–H groups in total. The lowest BCUT2D eigenvalue weighted by atomic mass is 9.78. The first-order valence-corrected chi connectivity index (χ1v) is 13.5. The van der Waals surface area contributed by atoms with Gasteiger partial charge in [0.15, 0.2) is 0 Å². The molecule has 2 saturated heterocycles. The van der Waals surface area contributed by atoms with E-state index in [9.17, 15) is 22.8 Å². The molecule has 10 heteroatoms. The van der Waals surface area contributed by atoms with E-state index in [1.165, 1.54) is 23.5 Å².